The van der Waals surface area contributed by atoms with Crippen LogP contribution in [0.3, 0.4) is 0 Å². The molecule has 1 saturated carbocycles. The molecule has 5 aliphatic rings. The first-order chi connectivity index (χ1) is 25.7. The average molecular weight is 743 g/mol. The van der Waals surface area contributed by atoms with Gasteiger partial charge in [0, 0.05) is 38.4 Å². The maximum Gasteiger partial charge on any atom is 0.415 e. The first kappa shape index (κ1) is 38.0. The zero-order chi connectivity index (χ0) is 38.6. The SMILES string of the molecule is C=C(C)[C@]12C[C@@H](C)[C@@]34O[C@](Cc5ccccc5)(O[C@@H]1[C@@H]3C=C(COC(=O)Cc1ccc(OC(=O)N(C)CCNC)c(OC)c1)C[C@]1(O)C(=O)C(C)=C[C@@H]41)O2. The van der Waals surface area contributed by atoms with Gasteiger partial charge in [-0.25, -0.2) is 4.79 Å². The highest BCUT2D eigenvalue weighted by Crippen LogP contribution is 2.68. The van der Waals surface area contributed by atoms with Crippen molar-refractivity contribution >= 4 is 17.8 Å². The van der Waals surface area contributed by atoms with Crippen molar-refractivity contribution in [3.05, 3.63) is 95.1 Å². The van der Waals surface area contributed by atoms with E-state index in [9.17, 15) is 19.5 Å². The number of aliphatic hydroxyl groups is 1. The summed E-state index contributed by atoms with van der Waals surface area (Å²) in [6.45, 7) is 11.0. The lowest BCUT2D eigenvalue weighted by molar-refractivity contribution is -0.421. The minimum Gasteiger partial charge on any atom is -0.493 e. The van der Waals surface area contributed by atoms with Gasteiger partial charge >= 0.3 is 12.1 Å². The number of benzene rings is 2. The first-order valence-electron chi connectivity index (χ1n) is 18.5. The molecule has 0 radical (unpaired) electrons. The molecule has 2 aromatic rings. The summed E-state index contributed by atoms with van der Waals surface area (Å²) in [6.07, 6.45) is 3.46. The zero-order valence-electron chi connectivity index (χ0n) is 31.8. The standard InChI is InChI=1S/C42H50N2O10/c1-25(2)40-21-27(4)42-31(37(40)52-41(53-40,54-42)23-28-11-9-8-10-12-28)18-30(22-39(48)34(42)17-26(3)36(39)46)24-50-35(45)20-29-13-14-32(33(19-29)49-7)51-38(47)44(6)16-15-43-5/h8-14,17-19,27,31,34,37,43,48H,1,15-16,20-24H2,2-7H3/t27-,31+,34-,37-,39-,40-,41-,42-/m1/s1. The summed E-state index contributed by atoms with van der Waals surface area (Å²) in [4.78, 5) is 41.3. The molecule has 3 fully saturated rings. The van der Waals surface area contributed by atoms with Crippen LogP contribution in [0.5, 0.6) is 11.5 Å². The Morgan fingerprint density at radius 1 is 1.09 bits per heavy atom. The van der Waals surface area contributed by atoms with E-state index in [0.717, 1.165) is 11.1 Å². The van der Waals surface area contributed by atoms with E-state index < -0.39 is 52.8 Å². The van der Waals surface area contributed by atoms with Crippen LogP contribution in [0.1, 0.15) is 44.7 Å². The highest BCUT2D eigenvalue weighted by atomic mass is 16.9. The number of ketones is 1. The number of esters is 1. The van der Waals surface area contributed by atoms with E-state index in [1.165, 1.54) is 12.0 Å². The topological polar surface area (TPSA) is 142 Å². The summed E-state index contributed by atoms with van der Waals surface area (Å²) in [6, 6.07) is 14.7. The van der Waals surface area contributed by atoms with Crippen LogP contribution in [0, 0.1) is 17.8 Å². The minimum absolute atomic E-state index is 0.0397. The Bertz CT molecular complexity index is 1910. The van der Waals surface area contributed by atoms with Gasteiger partial charge in [0.15, 0.2) is 17.3 Å². The molecule has 3 bridgehead atoms. The molecule has 8 atom stereocenters. The van der Waals surface area contributed by atoms with Crippen LogP contribution in [0.2, 0.25) is 0 Å². The normalized spacial score (nSPS) is 33.2. The number of methoxy groups -OCH3 is 1. The third kappa shape index (κ3) is 6.18. The second-order valence-electron chi connectivity index (χ2n) is 15.5. The van der Waals surface area contributed by atoms with Gasteiger partial charge in [-0.3, -0.25) is 9.59 Å². The minimum atomic E-state index is -1.83. The number of carbonyl (C=O) groups excluding carboxylic acids is 3. The summed E-state index contributed by atoms with van der Waals surface area (Å²) >= 11 is 0. The second kappa shape index (κ2) is 14.1. The molecule has 0 unspecified atom stereocenters. The number of likely N-dealkylation sites (N-methyl/N-ethyl adjacent to an activating group) is 2. The molecule has 2 heterocycles. The van der Waals surface area contributed by atoms with E-state index in [0.29, 0.717) is 48.4 Å². The molecule has 288 valence electrons. The van der Waals surface area contributed by atoms with Crippen LogP contribution in [0.25, 0.3) is 0 Å². The maximum absolute atomic E-state index is 13.9. The number of rotatable bonds is 12. The van der Waals surface area contributed by atoms with Crippen molar-refractivity contribution in [1.29, 1.82) is 0 Å². The van der Waals surface area contributed by atoms with Gasteiger partial charge in [0.1, 0.15) is 23.9 Å². The predicted molar refractivity (Wildman–Crippen MR) is 198 cm³/mol. The Kier molecular flexibility index (Phi) is 9.89. The molecule has 2 aliphatic heterocycles. The molecule has 2 aromatic carbocycles. The third-order valence-electron chi connectivity index (χ3n) is 11.9. The first-order valence-corrected chi connectivity index (χ1v) is 18.5. The number of amides is 1. The van der Waals surface area contributed by atoms with Crippen LogP contribution in [-0.2, 0) is 41.4 Å². The molecule has 0 spiro atoms. The van der Waals surface area contributed by atoms with Crippen molar-refractivity contribution in [2.75, 3.05) is 40.9 Å². The Labute approximate surface area is 316 Å². The summed E-state index contributed by atoms with van der Waals surface area (Å²) in [5, 5.41) is 15.5. The van der Waals surface area contributed by atoms with Crippen LogP contribution in [0.15, 0.2) is 84.0 Å². The number of fused-ring (bicyclic) bond motifs is 2. The lowest BCUT2D eigenvalue weighted by Crippen LogP contribution is -2.70. The van der Waals surface area contributed by atoms with Gasteiger partial charge in [-0.1, -0.05) is 62.1 Å². The van der Waals surface area contributed by atoms with Crippen molar-refractivity contribution < 1.29 is 47.9 Å². The van der Waals surface area contributed by atoms with Gasteiger partial charge in [-0.15, -0.1) is 0 Å². The number of hydrogen-bond donors (Lipinski definition) is 2. The van der Waals surface area contributed by atoms with Crippen molar-refractivity contribution in [1.82, 2.24) is 10.2 Å². The van der Waals surface area contributed by atoms with Gasteiger partial charge in [0.2, 0.25) is 0 Å². The lowest BCUT2D eigenvalue weighted by Gasteiger charge is -2.59. The fourth-order valence-electron chi connectivity index (χ4n) is 9.33. The largest absolute Gasteiger partial charge is 0.493 e. The van der Waals surface area contributed by atoms with E-state index in [4.69, 9.17) is 28.4 Å². The zero-order valence-corrected chi connectivity index (χ0v) is 31.8. The van der Waals surface area contributed by atoms with Crippen LogP contribution < -0.4 is 14.8 Å². The summed E-state index contributed by atoms with van der Waals surface area (Å²) < 4.78 is 37.8. The van der Waals surface area contributed by atoms with E-state index in [-0.39, 0.29) is 36.9 Å². The van der Waals surface area contributed by atoms with Crippen molar-refractivity contribution in [2.45, 2.75) is 75.3 Å². The number of nitrogens with zero attached hydrogens (tertiary/aromatic N) is 1. The van der Waals surface area contributed by atoms with E-state index in [2.05, 4.69) is 18.8 Å². The number of nitrogens with one attached hydrogen (secondary N) is 1. The Morgan fingerprint density at radius 2 is 1.85 bits per heavy atom. The van der Waals surface area contributed by atoms with Crippen LogP contribution >= 0.6 is 0 Å². The molecule has 2 N–H and O–H groups in total. The Balaban J connectivity index is 1.15. The molecule has 3 aliphatic carbocycles. The van der Waals surface area contributed by atoms with Gasteiger partial charge < -0.3 is 43.7 Å². The highest BCUT2D eigenvalue weighted by molar-refractivity contribution is 6.05. The summed E-state index contributed by atoms with van der Waals surface area (Å²) in [5.74, 6) is -3.22. The molecule has 12 heteroatoms. The second-order valence-corrected chi connectivity index (χ2v) is 15.5. The van der Waals surface area contributed by atoms with Crippen molar-refractivity contribution in [3.8, 4) is 11.5 Å². The van der Waals surface area contributed by atoms with Crippen LogP contribution in [0.4, 0.5) is 4.79 Å². The maximum atomic E-state index is 13.9. The summed E-state index contributed by atoms with van der Waals surface area (Å²) in [7, 11) is 4.89. The Morgan fingerprint density at radius 3 is 2.56 bits per heavy atom. The molecular weight excluding hydrogens is 692 g/mol. The average Bonchev–Trinajstić information content (AvgIpc) is 3.45. The molecule has 1 amide bonds. The fourth-order valence-corrected chi connectivity index (χ4v) is 9.33. The molecule has 0 aromatic heterocycles. The smallest absolute Gasteiger partial charge is 0.415 e. The van der Waals surface area contributed by atoms with E-state index in [1.54, 1.807) is 39.2 Å². The molecular formula is C42H50N2O10. The monoisotopic (exact) mass is 742 g/mol. The van der Waals surface area contributed by atoms with Gasteiger partial charge in [0.05, 0.1) is 25.6 Å². The number of Topliss-reactive ketones (excluding diaryl/α,β-unsaturated/α-hetero) is 1. The number of ether oxygens (including phenoxy) is 6. The number of hydrogen-bond acceptors (Lipinski definition) is 11. The summed E-state index contributed by atoms with van der Waals surface area (Å²) in [5.41, 5.74) is -0.403. The third-order valence-corrected chi connectivity index (χ3v) is 11.9. The predicted octanol–water partition coefficient (Wildman–Crippen LogP) is 4.69. The van der Waals surface area contributed by atoms with Crippen molar-refractivity contribution in [3.63, 3.8) is 0 Å². The Hall–Kier alpha value is -4.33. The fraction of sp³-hybridized carbons (Fsp3) is 0.500. The van der Waals surface area contributed by atoms with Gasteiger partial charge in [-0.05, 0) is 73.2 Å². The molecule has 54 heavy (non-hydrogen) atoms. The van der Waals surface area contributed by atoms with Gasteiger partial charge in [0.25, 0.3) is 5.97 Å². The molecule has 7 rings (SSSR count). The van der Waals surface area contributed by atoms with Gasteiger partial charge in [-0.2, -0.15) is 0 Å². The van der Waals surface area contributed by atoms with Crippen molar-refractivity contribution in [2.24, 2.45) is 17.8 Å². The molecule has 12 nitrogen and oxygen atoms in total. The van der Waals surface area contributed by atoms with Crippen LogP contribution in [-0.4, -0.2) is 97.6 Å². The van der Waals surface area contributed by atoms with E-state index >= 15 is 0 Å². The quantitative estimate of drug-likeness (QED) is 0.231. The molecule has 2 saturated heterocycles. The van der Waals surface area contributed by atoms with E-state index in [1.807, 2.05) is 49.4 Å². The lowest BCUT2D eigenvalue weighted by atomic mass is 9.55. The number of carbonyl (C=O) groups is 3. The highest BCUT2D eigenvalue weighted by Gasteiger charge is 2.79.